The molecule has 0 atom stereocenters. The zero-order valence-electron chi connectivity index (χ0n) is 11.8. The number of ether oxygens (including phenoxy) is 1. The maximum absolute atomic E-state index is 6.18. The van der Waals surface area contributed by atoms with E-state index in [4.69, 9.17) is 27.9 Å². The van der Waals surface area contributed by atoms with Crippen molar-refractivity contribution in [2.75, 3.05) is 5.43 Å². The Labute approximate surface area is 134 Å². The number of nitrogens with zero attached hydrogens (tertiary/aromatic N) is 1. The summed E-state index contributed by atoms with van der Waals surface area (Å²) in [6, 6.07) is 13.2. The fraction of sp³-hybridized carbons (Fsp3) is 0.188. The molecule has 0 saturated carbocycles. The van der Waals surface area contributed by atoms with Gasteiger partial charge in [-0.05, 0) is 43.7 Å². The van der Waals surface area contributed by atoms with E-state index in [1.807, 2.05) is 44.2 Å². The van der Waals surface area contributed by atoms with Crippen LogP contribution in [0.2, 0.25) is 10.0 Å². The molecule has 0 amide bonds. The topological polar surface area (TPSA) is 33.6 Å². The van der Waals surface area contributed by atoms with Gasteiger partial charge in [-0.2, -0.15) is 5.10 Å². The number of halogens is 2. The molecule has 0 fully saturated rings. The first-order chi connectivity index (χ1) is 10.1. The summed E-state index contributed by atoms with van der Waals surface area (Å²) in [6.45, 7) is 3.84. The molecule has 0 saturated heterocycles. The van der Waals surface area contributed by atoms with Crippen molar-refractivity contribution in [1.82, 2.24) is 0 Å². The number of hydrogen-bond donors (Lipinski definition) is 1. The number of hydrazone groups is 1. The third kappa shape index (κ3) is 4.66. The molecule has 0 heterocycles. The lowest BCUT2D eigenvalue weighted by Crippen LogP contribution is -2.06. The molecule has 21 heavy (non-hydrogen) atoms. The number of para-hydroxylation sites is 1. The zero-order valence-corrected chi connectivity index (χ0v) is 13.3. The standard InChI is InChI=1S/C16H16Cl2N2O/c1-11(2)21-16-14(17)8-12(9-15(16)18)10-19-20-13-6-4-3-5-7-13/h3-11,20H,1-2H3. The molecule has 0 aliphatic heterocycles. The van der Waals surface area contributed by atoms with Crippen LogP contribution in [0.25, 0.3) is 0 Å². The van der Waals surface area contributed by atoms with E-state index in [1.165, 1.54) is 0 Å². The molecule has 2 aromatic rings. The van der Waals surface area contributed by atoms with Crippen LogP contribution in [0.4, 0.5) is 5.69 Å². The molecule has 0 bridgehead atoms. The number of hydrogen-bond acceptors (Lipinski definition) is 3. The van der Waals surface area contributed by atoms with Crippen LogP contribution >= 0.6 is 23.2 Å². The lowest BCUT2D eigenvalue weighted by atomic mass is 10.2. The lowest BCUT2D eigenvalue weighted by Gasteiger charge is -2.13. The summed E-state index contributed by atoms with van der Waals surface area (Å²) in [4.78, 5) is 0. The van der Waals surface area contributed by atoms with E-state index in [0.29, 0.717) is 15.8 Å². The van der Waals surface area contributed by atoms with Gasteiger partial charge < -0.3 is 4.74 Å². The molecule has 2 rings (SSSR count). The first-order valence-corrected chi connectivity index (χ1v) is 7.31. The van der Waals surface area contributed by atoms with Crippen molar-refractivity contribution in [3.8, 4) is 5.75 Å². The largest absolute Gasteiger partial charge is 0.488 e. The fourth-order valence-corrected chi connectivity index (χ4v) is 2.29. The highest BCUT2D eigenvalue weighted by Gasteiger charge is 2.10. The van der Waals surface area contributed by atoms with Crippen LogP contribution < -0.4 is 10.2 Å². The molecule has 0 aliphatic carbocycles. The van der Waals surface area contributed by atoms with E-state index in [0.717, 1.165) is 11.3 Å². The summed E-state index contributed by atoms with van der Waals surface area (Å²) >= 11 is 12.4. The van der Waals surface area contributed by atoms with Gasteiger partial charge in [-0.15, -0.1) is 0 Å². The van der Waals surface area contributed by atoms with Gasteiger partial charge in [0.05, 0.1) is 28.1 Å². The Morgan fingerprint density at radius 1 is 1.10 bits per heavy atom. The second-order valence-electron chi connectivity index (χ2n) is 4.72. The van der Waals surface area contributed by atoms with Crippen molar-refractivity contribution in [1.29, 1.82) is 0 Å². The van der Waals surface area contributed by atoms with Crippen LogP contribution in [0.3, 0.4) is 0 Å². The molecule has 0 unspecified atom stereocenters. The van der Waals surface area contributed by atoms with Gasteiger partial charge in [0.25, 0.3) is 0 Å². The van der Waals surface area contributed by atoms with Crippen molar-refractivity contribution in [3.05, 3.63) is 58.1 Å². The number of rotatable bonds is 5. The summed E-state index contributed by atoms with van der Waals surface area (Å²) in [5.74, 6) is 0.501. The monoisotopic (exact) mass is 322 g/mol. The molecular weight excluding hydrogens is 307 g/mol. The third-order valence-corrected chi connectivity index (χ3v) is 3.12. The van der Waals surface area contributed by atoms with Gasteiger partial charge in [0.2, 0.25) is 0 Å². The minimum Gasteiger partial charge on any atom is -0.488 e. The predicted molar refractivity (Wildman–Crippen MR) is 89.9 cm³/mol. The van der Waals surface area contributed by atoms with Gasteiger partial charge in [0, 0.05) is 0 Å². The summed E-state index contributed by atoms with van der Waals surface area (Å²) in [5.41, 5.74) is 4.63. The highest BCUT2D eigenvalue weighted by molar-refractivity contribution is 6.37. The molecule has 5 heteroatoms. The van der Waals surface area contributed by atoms with Gasteiger partial charge in [-0.1, -0.05) is 41.4 Å². The van der Waals surface area contributed by atoms with Gasteiger partial charge >= 0.3 is 0 Å². The maximum Gasteiger partial charge on any atom is 0.156 e. The molecule has 1 N–H and O–H groups in total. The Balaban J connectivity index is 2.11. The molecule has 2 aromatic carbocycles. The van der Waals surface area contributed by atoms with Crippen molar-refractivity contribution < 1.29 is 4.74 Å². The van der Waals surface area contributed by atoms with E-state index in [-0.39, 0.29) is 6.10 Å². The predicted octanol–water partition coefficient (Wildman–Crippen LogP) is 5.23. The summed E-state index contributed by atoms with van der Waals surface area (Å²) < 4.78 is 5.58. The van der Waals surface area contributed by atoms with E-state index < -0.39 is 0 Å². The van der Waals surface area contributed by atoms with E-state index >= 15 is 0 Å². The average Bonchev–Trinajstić information content (AvgIpc) is 2.44. The van der Waals surface area contributed by atoms with Crippen LogP contribution in [0.1, 0.15) is 19.4 Å². The van der Waals surface area contributed by atoms with E-state index in [1.54, 1.807) is 18.3 Å². The molecular formula is C16H16Cl2N2O. The van der Waals surface area contributed by atoms with Crippen LogP contribution in [0.15, 0.2) is 47.6 Å². The van der Waals surface area contributed by atoms with Gasteiger partial charge in [-0.3, -0.25) is 5.43 Å². The Bertz CT molecular complexity index is 604. The van der Waals surface area contributed by atoms with Gasteiger partial charge in [-0.25, -0.2) is 0 Å². The Kier molecular flexibility index (Phi) is 5.48. The quantitative estimate of drug-likeness (QED) is 0.604. The SMILES string of the molecule is CC(C)Oc1c(Cl)cc(C=NNc2ccccc2)cc1Cl. The minimum atomic E-state index is 0.0132. The van der Waals surface area contributed by atoms with Crippen LogP contribution in [0.5, 0.6) is 5.75 Å². The Morgan fingerprint density at radius 2 is 1.71 bits per heavy atom. The molecule has 0 radical (unpaired) electrons. The zero-order chi connectivity index (χ0) is 15.2. The van der Waals surface area contributed by atoms with Crippen molar-refractivity contribution in [2.45, 2.75) is 20.0 Å². The summed E-state index contributed by atoms with van der Waals surface area (Å²) in [6.07, 6.45) is 1.67. The second kappa shape index (κ2) is 7.34. The van der Waals surface area contributed by atoms with Crippen LogP contribution in [-0.2, 0) is 0 Å². The lowest BCUT2D eigenvalue weighted by molar-refractivity contribution is 0.243. The van der Waals surface area contributed by atoms with Gasteiger partial charge in [0.1, 0.15) is 0 Å². The first-order valence-electron chi connectivity index (χ1n) is 6.56. The highest BCUT2D eigenvalue weighted by Crippen LogP contribution is 2.34. The van der Waals surface area contributed by atoms with Crippen LogP contribution in [0, 0.1) is 0 Å². The minimum absolute atomic E-state index is 0.0132. The van der Waals surface area contributed by atoms with Crippen molar-refractivity contribution in [2.24, 2.45) is 5.10 Å². The average molecular weight is 323 g/mol. The van der Waals surface area contributed by atoms with Crippen molar-refractivity contribution in [3.63, 3.8) is 0 Å². The molecule has 0 aliphatic rings. The molecule has 0 spiro atoms. The van der Waals surface area contributed by atoms with Crippen LogP contribution in [-0.4, -0.2) is 12.3 Å². The highest BCUT2D eigenvalue weighted by atomic mass is 35.5. The van der Waals surface area contributed by atoms with E-state index in [9.17, 15) is 0 Å². The maximum atomic E-state index is 6.18. The summed E-state index contributed by atoms with van der Waals surface area (Å²) in [7, 11) is 0. The molecule has 3 nitrogen and oxygen atoms in total. The third-order valence-electron chi connectivity index (χ3n) is 2.56. The van der Waals surface area contributed by atoms with E-state index in [2.05, 4.69) is 10.5 Å². The first kappa shape index (κ1) is 15.7. The number of benzene rings is 2. The Morgan fingerprint density at radius 3 is 2.29 bits per heavy atom. The molecule has 0 aromatic heterocycles. The number of nitrogens with one attached hydrogen (secondary N) is 1. The molecule has 110 valence electrons. The van der Waals surface area contributed by atoms with Gasteiger partial charge in [0.15, 0.2) is 5.75 Å². The summed E-state index contributed by atoms with van der Waals surface area (Å²) in [5, 5.41) is 5.09. The Hall–Kier alpha value is -1.71. The second-order valence-corrected chi connectivity index (χ2v) is 5.53. The van der Waals surface area contributed by atoms with Crippen molar-refractivity contribution >= 4 is 35.1 Å². The smallest absolute Gasteiger partial charge is 0.156 e. The fourth-order valence-electron chi connectivity index (χ4n) is 1.70. The number of anilines is 1. The normalized spacial score (nSPS) is 11.1.